The lowest BCUT2D eigenvalue weighted by molar-refractivity contribution is -0.120. The van der Waals surface area contributed by atoms with Crippen molar-refractivity contribution < 1.29 is 13.5 Å². The molecule has 0 saturated carbocycles. The number of rotatable bonds is 6. The van der Waals surface area contributed by atoms with Crippen LogP contribution in [0.3, 0.4) is 0 Å². The summed E-state index contributed by atoms with van der Waals surface area (Å²) in [6, 6.07) is 11.3. The maximum absolute atomic E-state index is 12.1. The molecule has 0 bridgehead atoms. The predicted octanol–water partition coefficient (Wildman–Crippen LogP) is 1.94. The zero-order valence-corrected chi connectivity index (χ0v) is 12.9. The van der Waals surface area contributed by atoms with E-state index in [-0.39, 0.29) is 11.7 Å². The fourth-order valence-electron chi connectivity index (χ4n) is 1.80. The van der Waals surface area contributed by atoms with Gasteiger partial charge in [-0.05, 0) is 19.4 Å². The molecule has 1 amide bonds. The molecule has 0 aliphatic heterocycles. The zero-order chi connectivity index (χ0) is 15.2. The van der Waals surface area contributed by atoms with Crippen molar-refractivity contribution in [1.29, 1.82) is 0 Å². The molecule has 0 spiro atoms. The van der Waals surface area contributed by atoms with E-state index in [2.05, 4.69) is 10.5 Å². The first-order valence-electron chi connectivity index (χ1n) is 6.67. The van der Waals surface area contributed by atoms with Gasteiger partial charge in [0.1, 0.15) is 11.0 Å². The smallest absolute Gasteiger partial charge is 0.235 e. The molecule has 1 aromatic carbocycles. The Morgan fingerprint density at radius 3 is 2.71 bits per heavy atom. The van der Waals surface area contributed by atoms with Crippen LogP contribution in [0, 0.1) is 6.92 Å². The number of carbonyl (C=O) groups is 1. The highest BCUT2D eigenvalue weighted by Gasteiger charge is 2.21. The number of benzene rings is 1. The molecular formula is C15H18N2O3S. The van der Waals surface area contributed by atoms with Crippen LogP contribution in [0.2, 0.25) is 0 Å². The third kappa shape index (κ3) is 4.53. The van der Waals surface area contributed by atoms with Crippen molar-refractivity contribution in [3.05, 3.63) is 53.4 Å². The van der Waals surface area contributed by atoms with Crippen LogP contribution in [-0.4, -0.2) is 20.5 Å². The summed E-state index contributed by atoms with van der Waals surface area (Å²) < 4.78 is 17.1. The van der Waals surface area contributed by atoms with Gasteiger partial charge in [-0.3, -0.25) is 9.00 Å². The molecule has 0 radical (unpaired) electrons. The van der Waals surface area contributed by atoms with Gasteiger partial charge in [-0.15, -0.1) is 0 Å². The van der Waals surface area contributed by atoms with Crippen molar-refractivity contribution in [2.75, 3.05) is 0 Å². The third-order valence-corrected chi connectivity index (χ3v) is 4.62. The van der Waals surface area contributed by atoms with Gasteiger partial charge in [0, 0.05) is 23.4 Å². The van der Waals surface area contributed by atoms with Gasteiger partial charge in [-0.1, -0.05) is 35.5 Å². The number of aryl methyl sites for hydroxylation is 1. The molecule has 0 unspecified atom stereocenters. The number of hydrogen-bond acceptors (Lipinski definition) is 4. The van der Waals surface area contributed by atoms with Gasteiger partial charge in [0.15, 0.2) is 0 Å². The third-order valence-electron chi connectivity index (χ3n) is 3.04. The van der Waals surface area contributed by atoms with Crippen LogP contribution in [0.1, 0.15) is 23.9 Å². The second kappa shape index (κ2) is 7.17. The maximum Gasteiger partial charge on any atom is 0.235 e. The molecule has 0 saturated heterocycles. The molecular weight excluding hydrogens is 288 g/mol. The SMILES string of the molecule is Cc1cc(C[S@@](=O)[C@@H](C)C(=O)NCc2ccccc2)no1. The largest absolute Gasteiger partial charge is 0.361 e. The number of nitrogens with one attached hydrogen (secondary N) is 1. The van der Waals surface area contributed by atoms with Gasteiger partial charge in [0.25, 0.3) is 0 Å². The minimum Gasteiger partial charge on any atom is -0.361 e. The Bertz CT molecular complexity index is 625. The Morgan fingerprint density at radius 1 is 1.38 bits per heavy atom. The summed E-state index contributed by atoms with van der Waals surface area (Å²) >= 11 is 0. The summed E-state index contributed by atoms with van der Waals surface area (Å²) in [6.45, 7) is 3.86. The lowest BCUT2D eigenvalue weighted by Crippen LogP contribution is -2.35. The molecule has 2 aromatic rings. The first kappa shape index (κ1) is 15.4. The van der Waals surface area contributed by atoms with Crippen LogP contribution in [0.25, 0.3) is 0 Å². The van der Waals surface area contributed by atoms with Crippen LogP contribution in [0.5, 0.6) is 0 Å². The van der Waals surface area contributed by atoms with E-state index < -0.39 is 16.0 Å². The highest BCUT2D eigenvalue weighted by Crippen LogP contribution is 2.08. The molecule has 21 heavy (non-hydrogen) atoms. The van der Waals surface area contributed by atoms with E-state index >= 15 is 0 Å². The molecule has 5 nitrogen and oxygen atoms in total. The lowest BCUT2D eigenvalue weighted by atomic mass is 10.2. The molecule has 2 atom stereocenters. The van der Waals surface area contributed by atoms with Gasteiger partial charge in [0.2, 0.25) is 5.91 Å². The molecule has 1 aromatic heterocycles. The van der Waals surface area contributed by atoms with Crippen LogP contribution in [-0.2, 0) is 27.9 Å². The Labute approximate surface area is 126 Å². The second-order valence-electron chi connectivity index (χ2n) is 4.80. The van der Waals surface area contributed by atoms with Crippen LogP contribution < -0.4 is 5.32 Å². The number of aromatic nitrogens is 1. The molecule has 1 N–H and O–H groups in total. The maximum atomic E-state index is 12.1. The minimum atomic E-state index is -1.32. The summed E-state index contributed by atoms with van der Waals surface area (Å²) in [5.74, 6) is 0.664. The first-order chi connectivity index (χ1) is 10.1. The number of hydrogen-bond donors (Lipinski definition) is 1. The van der Waals surface area contributed by atoms with Crippen molar-refractivity contribution in [1.82, 2.24) is 10.5 Å². The monoisotopic (exact) mass is 306 g/mol. The van der Waals surface area contributed by atoms with Gasteiger partial charge in [0.05, 0.1) is 11.4 Å². The summed E-state index contributed by atoms with van der Waals surface area (Å²) in [6.07, 6.45) is 0. The van der Waals surface area contributed by atoms with E-state index in [1.165, 1.54) is 0 Å². The topological polar surface area (TPSA) is 72.2 Å². The van der Waals surface area contributed by atoms with Crippen LogP contribution >= 0.6 is 0 Å². The summed E-state index contributed by atoms with van der Waals surface area (Å²) in [4.78, 5) is 12.0. The average molecular weight is 306 g/mol. The van der Waals surface area contributed by atoms with Crippen molar-refractivity contribution in [3.63, 3.8) is 0 Å². The van der Waals surface area contributed by atoms with Gasteiger partial charge in [-0.25, -0.2) is 0 Å². The molecule has 0 aliphatic carbocycles. The van der Waals surface area contributed by atoms with E-state index in [9.17, 15) is 9.00 Å². The second-order valence-corrected chi connectivity index (χ2v) is 6.56. The normalized spacial score (nSPS) is 13.6. The number of amides is 1. The Balaban J connectivity index is 1.85. The molecule has 2 rings (SSSR count). The summed E-state index contributed by atoms with van der Waals surface area (Å²) in [7, 11) is -1.32. The Hall–Kier alpha value is -1.95. The minimum absolute atomic E-state index is 0.220. The lowest BCUT2D eigenvalue weighted by Gasteiger charge is -2.11. The first-order valence-corrected chi connectivity index (χ1v) is 8.05. The number of carbonyl (C=O) groups excluding carboxylic acids is 1. The van der Waals surface area contributed by atoms with E-state index in [4.69, 9.17) is 4.52 Å². The summed E-state index contributed by atoms with van der Waals surface area (Å²) in [5.41, 5.74) is 1.62. The molecule has 1 heterocycles. The van der Waals surface area contributed by atoms with Crippen LogP contribution in [0.15, 0.2) is 40.9 Å². The summed E-state index contributed by atoms with van der Waals surface area (Å²) in [5, 5.41) is 5.99. The van der Waals surface area contributed by atoms with E-state index in [1.54, 1.807) is 19.9 Å². The fraction of sp³-hybridized carbons (Fsp3) is 0.333. The van der Waals surface area contributed by atoms with Crippen molar-refractivity contribution in [2.45, 2.75) is 31.4 Å². The van der Waals surface area contributed by atoms with Crippen molar-refractivity contribution >= 4 is 16.7 Å². The molecule has 0 aliphatic rings. The van der Waals surface area contributed by atoms with E-state index in [0.29, 0.717) is 18.0 Å². The highest BCUT2D eigenvalue weighted by molar-refractivity contribution is 7.85. The fourth-order valence-corrected chi connectivity index (χ4v) is 2.80. The van der Waals surface area contributed by atoms with Gasteiger partial charge < -0.3 is 9.84 Å². The molecule has 112 valence electrons. The van der Waals surface area contributed by atoms with E-state index in [1.807, 2.05) is 30.3 Å². The average Bonchev–Trinajstić information content (AvgIpc) is 2.90. The van der Waals surface area contributed by atoms with Gasteiger partial charge >= 0.3 is 0 Å². The van der Waals surface area contributed by atoms with Crippen molar-refractivity contribution in [2.24, 2.45) is 0 Å². The highest BCUT2D eigenvalue weighted by atomic mass is 32.2. The Morgan fingerprint density at radius 2 is 2.10 bits per heavy atom. The van der Waals surface area contributed by atoms with Crippen LogP contribution in [0.4, 0.5) is 0 Å². The predicted molar refractivity (Wildman–Crippen MR) is 80.8 cm³/mol. The molecule has 6 heteroatoms. The Kier molecular flexibility index (Phi) is 5.27. The molecule has 0 fully saturated rings. The van der Waals surface area contributed by atoms with Crippen molar-refractivity contribution in [3.8, 4) is 0 Å². The van der Waals surface area contributed by atoms with Gasteiger partial charge in [-0.2, -0.15) is 0 Å². The number of nitrogens with zero attached hydrogens (tertiary/aromatic N) is 1. The van der Waals surface area contributed by atoms with E-state index in [0.717, 1.165) is 5.56 Å². The quantitative estimate of drug-likeness (QED) is 0.885. The zero-order valence-electron chi connectivity index (χ0n) is 12.0. The standard InChI is InChI=1S/C15H18N2O3S/c1-11-8-14(17-20-11)10-21(19)12(2)15(18)16-9-13-6-4-3-5-7-13/h3-8,12H,9-10H2,1-2H3,(H,16,18)/t12-,21+/m0/s1.